The van der Waals surface area contributed by atoms with Gasteiger partial charge < -0.3 is 10.1 Å². The number of nitrogens with zero attached hydrogens (tertiary/aromatic N) is 2. The molecule has 1 aromatic heterocycles. The van der Waals surface area contributed by atoms with Crippen LogP contribution in [0, 0.1) is 11.3 Å². The Bertz CT molecular complexity index is 1030. The summed E-state index contributed by atoms with van der Waals surface area (Å²) in [5, 5.41) is 19.6. The average Bonchev–Trinajstić information content (AvgIpc) is 3.15. The monoisotopic (exact) mass is 378 g/mol. The van der Waals surface area contributed by atoms with E-state index >= 15 is 0 Å². The Morgan fingerprint density at radius 3 is 2.70 bits per heavy atom. The van der Waals surface area contributed by atoms with E-state index in [2.05, 4.69) is 15.5 Å². The van der Waals surface area contributed by atoms with Crippen LogP contribution < -0.4 is 10.1 Å². The second-order valence-corrected chi connectivity index (χ2v) is 5.97. The summed E-state index contributed by atoms with van der Waals surface area (Å²) in [6, 6.07) is 16.1. The van der Waals surface area contributed by atoms with Gasteiger partial charge in [-0.1, -0.05) is 35.9 Å². The van der Waals surface area contributed by atoms with Gasteiger partial charge in [0.1, 0.15) is 17.4 Å². The third-order valence-corrected chi connectivity index (χ3v) is 4.07. The summed E-state index contributed by atoms with van der Waals surface area (Å²) in [6.45, 7) is 0. The van der Waals surface area contributed by atoms with Crippen LogP contribution in [0.2, 0.25) is 5.02 Å². The topological polar surface area (TPSA) is 90.8 Å². The lowest BCUT2D eigenvalue weighted by Gasteiger charge is -2.09. The molecule has 2 aromatic carbocycles. The number of nitriles is 1. The van der Waals surface area contributed by atoms with Crippen molar-refractivity contribution in [1.82, 2.24) is 10.2 Å². The van der Waals surface area contributed by atoms with Crippen LogP contribution in [0.4, 0.5) is 5.69 Å². The molecule has 0 radical (unpaired) electrons. The number of benzene rings is 2. The van der Waals surface area contributed by atoms with Crippen molar-refractivity contribution in [3.8, 4) is 23.1 Å². The Kier molecular flexibility index (Phi) is 5.55. The first-order valence-electron chi connectivity index (χ1n) is 7.98. The molecular weight excluding hydrogens is 364 g/mol. The summed E-state index contributed by atoms with van der Waals surface area (Å²) in [7, 11) is 1.51. The molecule has 0 aliphatic rings. The number of carbonyl (C=O) groups is 1. The van der Waals surface area contributed by atoms with E-state index in [4.69, 9.17) is 16.3 Å². The van der Waals surface area contributed by atoms with E-state index in [9.17, 15) is 10.1 Å². The quantitative estimate of drug-likeness (QED) is 0.512. The van der Waals surface area contributed by atoms with E-state index in [0.29, 0.717) is 27.7 Å². The van der Waals surface area contributed by atoms with E-state index in [-0.39, 0.29) is 5.57 Å². The van der Waals surface area contributed by atoms with Crippen molar-refractivity contribution in [3.63, 3.8) is 0 Å². The van der Waals surface area contributed by atoms with Gasteiger partial charge in [0.05, 0.1) is 24.7 Å². The van der Waals surface area contributed by atoms with Crippen LogP contribution in [0.5, 0.6) is 5.75 Å². The van der Waals surface area contributed by atoms with Crippen molar-refractivity contribution in [2.45, 2.75) is 0 Å². The first kappa shape index (κ1) is 18.2. The third kappa shape index (κ3) is 4.17. The molecule has 3 aromatic rings. The standard InChI is InChI=1S/C20H15ClN4O2/c1-27-18-5-3-2-4-17(18)24-20(26)14(11-22)10-15-12-23-25-19(15)13-6-8-16(21)9-7-13/h2-10,12H,1H3,(H,23,25)(H,24,26)/b14-10+. The van der Waals surface area contributed by atoms with Gasteiger partial charge in [-0.3, -0.25) is 9.89 Å². The smallest absolute Gasteiger partial charge is 0.266 e. The molecule has 0 aliphatic heterocycles. The number of H-pyrrole nitrogens is 1. The molecule has 0 bridgehead atoms. The zero-order valence-electron chi connectivity index (χ0n) is 14.4. The van der Waals surface area contributed by atoms with Crippen molar-refractivity contribution >= 4 is 29.3 Å². The average molecular weight is 379 g/mol. The van der Waals surface area contributed by atoms with Gasteiger partial charge in [-0.2, -0.15) is 10.4 Å². The SMILES string of the molecule is COc1ccccc1NC(=O)/C(C#N)=C/c1cn[nH]c1-c1ccc(Cl)cc1. The molecule has 3 rings (SSSR count). The van der Waals surface area contributed by atoms with Crippen molar-refractivity contribution in [3.05, 3.63) is 70.9 Å². The summed E-state index contributed by atoms with van der Waals surface area (Å²) in [6.07, 6.45) is 3.04. The summed E-state index contributed by atoms with van der Waals surface area (Å²) in [5.41, 5.74) is 2.56. The number of hydrogen-bond donors (Lipinski definition) is 2. The molecule has 0 saturated carbocycles. The fraction of sp³-hybridized carbons (Fsp3) is 0.0500. The number of amides is 1. The number of nitrogens with one attached hydrogen (secondary N) is 2. The van der Waals surface area contributed by atoms with E-state index in [1.54, 1.807) is 42.6 Å². The van der Waals surface area contributed by atoms with Gasteiger partial charge in [0.25, 0.3) is 5.91 Å². The van der Waals surface area contributed by atoms with E-state index in [1.165, 1.54) is 13.2 Å². The number of methoxy groups -OCH3 is 1. The number of aromatic amines is 1. The Hall–Kier alpha value is -3.56. The van der Waals surface area contributed by atoms with Crippen LogP contribution in [-0.2, 0) is 4.79 Å². The van der Waals surface area contributed by atoms with Crippen LogP contribution in [-0.4, -0.2) is 23.2 Å². The molecular formula is C20H15ClN4O2. The molecule has 134 valence electrons. The van der Waals surface area contributed by atoms with Gasteiger partial charge in [-0.25, -0.2) is 0 Å². The van der Waals surface area contributed by atoms with Gasteiger partial charge in [-0.05, 0) is 30.3 Å². The normalized spacial score (nSPS) is 10.9. The lowest BCUT2D eigenvalue weighted by atomic mass is 10.1. The highest BCUT2D eigenvalue weighted by Gasteiger charge is 2.14. The fourth-order valence-corrected chi connectivity index (χ4v) is 2.62. The second-order valence-electron chi connectivity index (χ2n) is 5.53. The predicted octanol–water partition coefficient (Wildman–Crippen LogP) is 4.28. The van der Waals surface area contributed by atoms with Crippen LogP contribution in [0.25, 0.3) is 17.3 Å². The summed E-state index contributed by atoms with van der Waals surface area (Å²) in [4.78, 5) is 12.5. The molecule has 1 heterocycles. The van der Waals surface area contributed by atoms with Gasteiger partial charge in [0.2, 0.25) is 0 Å². The Morgan fingerprint density at radius 1 is 1.26 bits per heavy atom. The van der Waals surface area contributed by atoms with Crippen molar-refractivity contribution in [1.29, 1.82) is 5.26 Å². The molecule has 0 saturated heterocycles. The highest BCUT2D eigenvalue weighted by atomic mass is 35.5. The number of hydrogen-bond acceptors (Lipinski definition) is 4. The lowest BCUT2D eigenvalue weighted by molar-refractivity contribution is -0.112. The molecule has 1 amide bonds. The van der Waals surface area contributed by atoms with Gasteiger partial charge >= 0.3 is 0 Å². The zero-order chi connectivity index (χ0) is 19.2. The van der Waals surface area contributed by atoms with Gasteiger partial charge in [0.15, 0.2) is 0 Å². The fourth-order valence-electron chi connectivity index (χ4n) is 2.49. The zero-order valence-corrected chi connectivity index (χ0v) is 15.1. The molecule has 2 N–H and O–H groups in total. The molecule has 6 nitrogen and oxygen atoms in total. The first-order valence-corrected chi connectivity index (χ1v) is 8.35. The molecule has 0 fully saturated rings. The lowest BCUT2D eigenvalue weighted by Crippen LogP contribution is -2.14. The first-order chi connectivity index (χ1) is 13.1. The van der Waals surface area contributed by atoms with Crippen LogP contribution >= 0.6 is 11.6 Å². The molecule has 27 heavy (non-hydrogen) atoms. The van der Waals surface area contributed by atoms with E-state index in [0.717, 1.165) is 5.56 Å². The molecule has 0 spiro atoms. The number of carbonyl (C=O) groups excluding carboxylic acids is 1. The summed E-state index contributed by atoms with van der Waals surface area (Å²) in [5.74, 6) is -0.0291. The summed E-state index contributed by atoms with van der Waals surface area (Å²) >= 11 is 5.92. The highest BCUT2D eigenvalue weighted by Crippen LogP contribution is 2.26. The minimum absolute atomic E-state index is 0.0579. The number of halogens is 1. The Labute approximate surface area is 161 Å². The number of rotatable bonds is 5. The minimum Gasteiger partial charge on any atom is -0.495 e. The Morgan fingerprint density at radius 2 is 2.00 bits per heavy atom. The molecule has 0 unspecified atom stereocenters. The maximum Gasteiger partial charge on any atom is 0.266 e. The predicted molar refractivity (Wildman–Crippen MR) is 104 cm³/mol. The number of para-hydroxylation sites is 2. The molecule has 7 heteroatoms. The van der Waals surface area contributed by atoms with Crippen LogP contribution in [0.1, 0.15) is 5.56 Å². The van der Waals surface area contributed by atoms with Crippen LogP contribution in [0.3, 0.4) is 0 Å². The number of ether oxygens (including phenoxy) is 1. The van der Waals surface area contributed by atoms with E-state index in [1.807, 2.05) is 18.2 Å². The largest absolute Gasteiger partial charge is 0.495 e. The second kappa shape index (κ2) is 8.21. The molecule has 0 aliphatic carbocycles. The summed E-state index contributed by atoms with van der Waals surface area (Å²) < 4.78 is 5.21. The van der Waals surface area contributed by atoms with Gasteiger partial charge in [-0.15, -0.1) is 0 Å². The highest BCUT2D eigenvalue weighted by molar-refractivity contribution is 6.30. The van der Waals surface area contributed by atoms with Crippen LogP contribution in [0.15, 0.2) is 60.3 Å². The number of anilines is 1. The third-order valence-electron chi connectivity index (χ3n) is 3.82. The maximum atomic E-state index is 12.5. The van der Waals surface area contributed by atoms with Crippen molar-refractivity contribution < 1.29 is 9.53 Å². The van der Waals surface area contributed by atoms with Gasteiger partial charge in [0, 0.05) is 16.1 Å². The molecule has 0 atom stereocenters. The number of aromatic nitrogens is 2. The maximum absolute atomic E-state index is 12.5. The Balaban J connectivity index is 1.89. The van der Waals surface area contributed by atoms with Crippen molar-refractivity contribution in [2.75, 3.05) is 12.4 Å². The van der Waals surface area contributed by atoms with E-state index < -0.39 is 5.91 Å². The minimum atomic E-state index is -0.537. The van der Waals surface area contributed by atoms with Crippen molar-refractivity contribution in [2.24, 2.45) is 0 Å².